The van der Waals surface area contributed by atoms with E-state index >= 15 is 0 Å². The smallest absolute Gasteiger partial charge is 0.162 e. The number of hydrogen-bond donors (Lipinski definition) is 1. The lowest BCUT2D eigenvalue weighted by molar-refractivity contribution is 0.284. The first-order valence-electron chi connectivity index (χ1n) is 8.39. The number of halogens is 4. The zero-order chi connectivity index (χ0) is 20.1. The van der Waals surface area contributed by atoms with Crippen LogP contribution in [0.2, 0.25) is 10.0 Å². The molecular formula is C21H17BrCl2FNO2. The van der Waals surface area contributed by atoms with Gasteiger partial charge in [0, 0.05) is 27.3 Å². The monoisotopic (exact) mass is 483 g/mol. The van der Waals surface area contributed by atoms with Crippen molar-refractivity contribution in [3.63, 3.8) is 0 Å². The van der Waals surface area contributed by atoms with Gasteiger partial charge in [-0.15, -0.1) is 0 Å². The third-order valence-corrected chi connectivity index (χ3v) is 5.47. The van der Waals surface area contributed by atoms with Crippen molar-refractivity contribution < 1.29 is 13.9 Å². The number of rotatable bonds is 7. The molecule has 0 heterocycles. The molecule has 0 aliphatic heterocycles. The Balaban J connectivity index is 1.73. The second-order valence-electron chi connectivity index (χ2n) is 5.96. The zero-order valence-electron chi connectivity index (χ0n) is 14.9. The Labute approximate surface area is 181 Å². The van der Waals surface area contributed by atoms with Crippen molar-refractivity contribution in [2.45, 2.75) is 13.2 Å². The van der Waals surface area contributed by atoms with E-state index in [1.54, 1.807) is 19.2 Å². The summed E-state index contributed by atoms with van der Waals surface area (Å²) < 4.78 is 25.5. The van der Waals surface area contributed by atoms with Crippen LogP contribution in [0.15, 0.2) is 59.1 Å². The van der Waals surface area contributed by atoms with Crippen molar-refractivity contribution in [3.8, 4) is 11.5 Å². The van der Waals surface area contributed by atoms with Gasteiger partial charge in [0.2, 0.25) is 0 Å². The second-order valence-corrected chi connectivity index (χ2v) is 7.63. The first kappa shape index (κ1) is 20.8. The van der Waals surface area contributed by atoms with Crippen LogP contribution in [0, 0.1) is 5.82 Å². The summed E-state index contributed by atoms with van der Waals surface area (Å²) in [5, 5.41) is 3.94. The Bertz CT molecular complexity index is 985. The Hall–Kier alpha value is -1.95. The van der Waals surface area contributed by atoms with Gasteiger partial charge in [0.1, 0.15) is 12.4 Å². The predicted molar refractivity (Wildman–Crippen MR) is 115 cm³/mol. The lowest BCUT2D eigenvalue weighted by Crippen LogP contribution is -2.03. The SMILES string of the molecule is COc1cc(CNc2ccc(F)c(Cl)c2)c(Br)cc1OCc1ccccc1Cl. The highest BCUT2D eigenvalue weighted by atomic mass is 79.9. The Morgan fingerprint density at radius 1 is 0.964 bits per heavy atom. The standard InChI is InChI=1S/C21H17BrCl2FNO2/c1-27-20-8-14(11-26-15-6-7-19(25)18(24)9-15)16(22)10-21(20)28-12-13-4-2-3-5-17(13)23/h2-10,26H,11-12H2,1H3. The number of methoxy groups -OCH3 is 1. The minimum Gasteiger partial charge on any atom is -0.493 e. The Kier molecular flexibility index (Phi) is 7.05. The van der Waals surface area contributed by atoms with E-state index in [0.717, 1.165) is 21.3 Å². The van der Waals surface area contributed by atoms with Crippen LogP contribution in [-0.4, -0.2) is 7.11 Å². The van der Waals surface area contributed by atoms with E-state index in [4.69, 9.17) is 32.7 Å². The molecule has 0 atom stereocenters. The zero-order valence-corrected chi connectivity index (χ0v) is 18.0. The van der Waals surface area contributed by atoms with Gasteiger partial charge in [0.25, 0.3) is 0 Å². The highest BCUT2D eigenvalue weighted by molar-refractivity contribution is 9.10. The molecule has 0 aliphatic carbocycles. The molecule has 0 aromatic heterocycles. The lowest BCUT2D eigenvalue weighted by atomic mass is 10.2. The summed E-state index contributed by atoms with van der Waals surface area (Å²) >= 11 is 15.6. The Morgan fingerprint density at radius 3 is 2.46 bits per heavy atom. The van der Waals surface area contributed by atoms with Gasteiger partial charge in [-0.25, -0.2) is 4.39 Å². The minimum atomic E-state index is -0.449. The molecule has 3 aromatic rings. The van der Waals surface area contributed by atoms with Crippen LogP contribution in [0.4, 0.5) is 10.1 Å². The maximum absolute atomic E-state index is 13.3. The number of anilines is 1. The summed E-state index contributed by atoms with van der Waals surface area (Å²) in [5.74, 6) is 0.752. The highest BCUT2D eigenvalue weighted by Crippen LogP contribution is 2.35. The average molecular weight is 485 g/mol. The maximum Gasteiger partial charge on any atom is 0.162 e. The van der Waals surface area contributed by atoms with E-state index in [-0.39, 0.29) is 5.02 Å². The van der Waals surface area contributed by atoms with Crippen molar-refractivity contribution in [2.24, 2.45) is 0 Å². The van der Waals surface area contributed by atoms with Crippen LogP contribution in [0.1, 0.15) is 11.1 Å². The van der Waals surface area contributed by atoms with Gasteiger partial charge < -0.3 is 14.8 Å². The van der Waals surface area contributed by atoms with Crippen LogP contribution in [0.25, 0.3) is 0 Å². The van der Waals surface area contributed by atoms with Crippen molar-refractivity contribution in [3.05, 3.63) is 86.1 Å². The van der Waals surface area contributed by atoms with Gasteiger partial charge in [-0.1, -0.05) is 57.3 Å². The van der Waals surface area contributed by atoms with Crippen molar-refractivity contribution in [1.82, 2.24) is 0 Å². The summed E-state index contributed by atoms with van der Waals surface area (Å²) in [4.78, 5) is 0. The number of nitrogens with one attached hydrogen (secondary N) is 1. The molecule has 0 radical (unpaired) electrons. The van der Waals surface area contributed by atoms with Crippen LogP contribution in [0.5, 0.6) is 11.5 Å². The van der Waals surface area contributed by atoms with E-state index in [2.05, 4.69) is 21.2 Å². The quantitative estimate of drug-likeness (QED) is 0.388. The summed E-state index contributed by atoms with van der Waals surface area (Å²) in [6.07, 6.45) is 0. The summed E-state index contributed by atoms with van der Waals surface area (Å²) in [7, 11) is 1.59. The summed E-state index contributed by atoms with van der Waals surface area (Å²) in [6.45, 7) is 0.817. The molecule has 7 heteroatoms. The van der Waals surface area contributed by atoms with E-state index in [1.807, 2.05) is 36.4 Å². The Morgan fingerprint density at radius 2 is 1.75 bits per heavy atom. The third kappa shape index (κ3) is 5.10. The van der Waals surface area contributed by atoms with E-state index in [1.165, 1.54) is 6.07 Å². The molecule has 0 bridgehead atoms. The fourth-order valence-corrected chi connectivity index (χ4v) is 3.39. The molecule has 0 saturated heterocycles. The van der Waals surface area contributed by atoms with Crippen LogP contribution in [0.3, 0.4) is 0 Å². The molecule has 28 heavy (non-hydrogen) atoms. The molecule has 0 fully saturated rings. The van der Waals surface area contributed by atoms with E-state index in [9.17, 15) is 4.39 Å². The molecule has 0 saturated carbocycles. The van der Waals surface area contributed by atoms with Gasteiger partial charge in [-0.3, -0.25) is 0 Å². The van der Waals surface area contributed by atoms with Crippen LogP contribution in [-0.2, 0) is 13.2 Å². The van der Waals surface area contributed by atoms with Gasteiger partial charge in [-0.2, -0.15) is 0 Å². The van der Waals surface area contributed by atoms with Gasteiger partial charge in [0.05, 0.1) is 12.1 Å². The largest absolute Gasteiger partial charge is 0.493 e. The number of benzene rings is 3. The topological polar surface area (TPSA) is 30.5 Å². The first-order chi connectivity index (χ1) is 13.5. The molecule has 3 rings (SSSR count). The molecule has 0 unspecified atom stereocenters. The third-order valence-electron chi connectivity index (χ3n) is 4.08. The maximum atomic E-state index is 13.3. The fraction of sp³-hybridized carbons (Fsp3) is 0.143. The average Bonchev–Trinajstić information content (AvgIpc) is 2.69. The number of ether oxygens (including phenoxy) is 2. The molecule has 1 N–H and O–H groups in total. The van der Waals surface area contributed by atoms with E-state index in [0.29, 0.717) is 29.7 Å². The van der Waals surface area contributed by atoms with Crippen molar-refractivity contribution in [1.29, 1.82) is 0 Å². The molecule has 0 spiro atoms. The number of hydrogen-bond acceptors (Lipinski definition) is 3. The molecule has 0 amide bonds. The highest BCUT2D eigenvalue weighted by Gasteiger charge is 2.12. The fourth-order valence-electron chi connectivity index (χ4n) is 2.56. The second kappa shape index (κ2) is 9.50. The van der Waals surface area contributed by atoms with Crippen molar-refractivity contribution >= 4 is 44.8 Å². The molecular weight excluding hydrogens is 468 g/mol. The molecule has 146 valence electrons. The lowest BCUT2D eigenvalue weighted by Gasteiger charge is -2.15. The summed E-state index contributed by atoms with van der Waals surface area (Å²) in [6, 6.07) is 15.8. The van der Waals surface area contributed by atoms with E-state index < -0.39 is 5.82 Å². The van der Waals surface area contributed by atoms with Crippen LogP contribution >= 0.6 is 39.1 Å². The molecule has 0 aliphatic rings. The molecule has 3 nitrogen and oxygen atoms in total. The van der Waals surface area contributed by atoms with Gasteiger partial charge in [-0.05, 0) is 42.0 Å². The minimum absolute atomic E-state index is 0.0740. The molecule has 3 aromatic carbocycles. The predicted octanol–water partition coefficient (Wildman–Crippen LogP) is 7.09. The first-order valence-corrected chi connectivity index (χ1v) is 9.94. The van der Waals surface area contributed by atoms with Gasteiger partial charge in [0.15, 0.2) is 11.5 Å². The summed E-state index contributed by atoms with van der Waals surface area (Å²) in [5.41, 5.74) is 2.56. The van der Waals surface area contributed by atoms with Crippen LogP contribution < -0.4 is 14.8 Å². The van der Waals surface area contributed by atoms with Crippen molar-refractivity contribution in [2.75, 3.05) is 12.4 Å². The van der Waals surface area contributed by atoms with Gasteiger partial charge >= 0.3 is 0 Å². The normalized spacial score (nSPS) is 10.6.